The first-order valence-electron chi connectivity index (χ1n) is 5.38. The molecule has 0 spiro atoms. The second-order valence-electron chi connectivity index (χ2n) is 3.87. The van der Waals surface area contributed by atoms with Crippen molar-refractivity contribution in [2.75, 3.05) is 5.73 Å². The van der Waals surface area contributed by atoms with Crippen molar-refractivity contribution in [1.82, 2.24) is 14.8 Å². The van der Waals surface area contributed by atoms with E-state index in [4.69, 9.17) is 5.73 Å². The number of thiophene rings is 1. The molecule has 0 radical (unpaired) electrons. The summed E-state index contributed by atoms with van der Waals surface area (Å²) in [5.74, 6) is 0.890. The van der Waals surface area contributed by atoms with Gasteiger partial charge in [-0.15, -0.1) is 21.5 Å². The lowest BCUT2D eigenvalue weighted by Crippen LogP contribution is -2.00. The highest BCUT2D eigenvalue weighted by Crippen LogP contribution is 2.36. The van der Waals surface area contributed by atoms with Gasteiger partial charge in [0.15, 0.2) is 5.82 Å². The number of rotatable bonds is 3. The van der Waals surface area contributed by atoms with Crippen molar-refractivity contribution in [2.24, 2.45) is 0 Å². The van der Waals surface area contributed by atoms with Gasteiger partial charge in [-0.25, -0.2) is 0 Å². The van der Waals surface area contributed by atoms with E-state index in [-0.39, 0.29) is 0 Å². The van der Waals surface area contributed by atoms with E-state index in [0.29, 0.717) is 0 Å². The molecule has 0 aliphatic heterocycles. The molecule has 0 saturated carbocycles. The van der Waals surface area contributed by atoms with E-state index in [1.54, 1.807) is 17.7 Å². The number of hydrogen-bond acceptors (Lipinski definition) is 4. The topological polar surface area (TPSA) is 56.7 Å². The fraction of sp³-hybridized carbons (Fsp3) is 0.455. The molecule has 16 heavy (non-hydrogen) atoms. The molecule has 0 atom stereocenters. The van der Waals surface area contributed by atoms with Crippen molar-refractivity contribution in [3.8, 4) is 11.4 Å². The number of hydrogen-bond donors (Lipinski definition) is 1. The van der Waals surface area contributed by atoms with Gasteiger partial charge in [0.05, 0.1) is 10.6 Å². The van der Waals surface area contributed by atoms with E-state index < -0.39 is 0 Å². The first kappa shape index (κ1) is 11.1. The highest BCUT2D eigenvalue weighted by molar-refractivity contribution is 7.16. The van der Waals surface area contributed by atoms with Gasteiger partial charge >= 0.3 is 0 Å². The van der Waals surface area contributed by atoms with Crippen molar-refractivity contribution < 1.29 is 0 Å². The zero-order chi connectivity index (χ0) is 11.7. The number of nitrogen functional groups attached to an aromatic ring is 1. The molecule has 0 aliphatic carbocycles. The highest BCUT2D eigenvalue weighted by Gasteiger charge is 2.16. The predicted octanol–water partition coefficient (Wildman–Crippen LogP) is 2.62. The van der Waals surface area contributed by atoms with Crippen molar-refractivity contribution >= 4 is 16.3 Å². The van der Waals surface area contributed by atoms with Gasteiger partial charge in [-0.05, 0) is 25.8 Å². The Hall–Kier alpha value is -1.36. The summed E-state index contributed by atoms with van der Waals surface area (Å²) in [6.07, 6.45) is 2.83. The second kappa shape index (κ2) is 4.25. The minimum absolute atomic E-state index is 0.834. The van der Waals surface area contributed by atoms with Gasteiger partial charge in [-0.1, -0.05) is 6.92 Å². The van der Waals surface area contributed by atoms with E-state index in [1.165, 1.54) is 10.4 Å². The summed E-state index contributed by atoms with van der Waals surface area (Å²) in [7, 11) is 0. The zero-order valence-corrected chi connectivity index (χ0v) is 10.6. The molecule has 5 heteroatoms. The summed E-state index contributed by atoms with van der Waals surface area (Å²) < 4.78 is 2.06. The van der Waals surface area contributed by atoms with Crippen LogP contribution in [0.4, 0.5) is 5.00 Å². The minimum atomic E-state index is 0.834. The summed E-state index contributed by atoms with van der Waals surface area (Å²) >= 11 is 1.62. The Labute approximate surface area is 99.1 Å². The first-order valence-corrected chi connectivity index (χ1v) is 6.20. The molecule has 2 rings (SSSR count). The Bertz CT molecular complexity index is 498. The maximum atomic E-state index is 6.04. The SMILES string of the molecule is CCCn1cnnc1-c1c(N)sc(C)c1C. The third-order valence-electron chi connectivity index (χ3n) is 2.72. The van der Waals surface area contributed by atoms with Crippen LogP contribution in [0.15, 0.2) is 6.33 Å². The summed E-state index contributed by atoms with van der Waals surface area (Å²) in [5, 5.41) is 8.98. The Morgan fingerprint density at radius 2 is 2.19 bits per heavy atom. The van der Waals surface area contributed by atoms with Gasteiger partial charge in [-0.2, -0.15) is 0 Å². The van der Waals surface area contributed by atoms with Crippen molar-refractivity contribution in [3.05, 3.63) is 16.8 Å². The summed E-state index contributed by atoms with van der Waals surface area (Å²) in [5.41, 5.74) is 8.30. The molecule has 2 aromatic heterocycles. The smallest absolute Gasteiger partial charge is 0.166 e. The average Bonchev–Trinajstić information content (AvgIpc) is 2.75. The second-order valence-corrected chi connectivity index (χ2v) is 5.13. The van der Waals surface area contributed by atoms with Crippen LogP contribution < -0.4 is 5.73 Å². The van der Waals surface area contributed by atoms with Gasteiger partial charge in [0.25, 0.3) is 0 Å². The predicted molar refractivity (Wildman–Crippen MR) is 67.5 cm³/mol. The van der Waals surface area contributed by atoms with E-state index >= 15 is 0 Å². The van der Waals surface area contributed by atoms with Crippen molar-refractivity contribution in [1.29, 1.82) is 0 Å². The molecule has 0 unspecified atom stereocenters. The van der Waals surface area contributed by atoms with Crippen LogP contribution in [0.1, 0.15) is 23.8 Å². The van der Waals surface area contributed by atoms with Crippen LogP contribution in [-0.4, -0.2) is 14.8 Å². The molecule has 0 amide bonds. The fourth-order valence-corrected chi connectivity index (χ4v) is 2.72. The molecule has 4 nitrogen and oxygen atoms in total. The van der Waals surface area contributed by atoms with Crippen LogP contribution in [0.3, 0.4) is 0 Å². The minimum Gasteiger partial charge on any atom is -0.390 e. The van der Waals surface area contributed by atoms with Gasteiger partial charge in [0.1, 0.15) is 6.33 Å². The lowest BCUT2D eigenvalue weighted by Gasteiger charge is -2.05. The average molecular weight is 236 g/mol. The molecule has 86 valence electrons. The zero-order valence-electron chi connectivity index (χ0n) is 9.82. The molecular formula is C11H16N4S. The molecule has 0 fully saturated rings. The lowest BCUT2D eigenvalue weighted by molar-refractivity contribution is 0.683. The molecule has 0 bridgehead atoms. The highest BCUT2D eigenvalue weighted by atomic mass is 32.1. The lowest BCUT2D eigenvalue weighted by atomic mass is 10.1. The van der Waals surface area contributed by atoms with Gasteiger partial charge in [-0.3, -0.25) is 0 Å². The number of aryl methyl sites for hydroxylation is 2. The normalized spacial score (nSPS) is 10.9. The third kappa shape index (κ3) is 1.71. The quantitative estimate of drug-likeness (QED) is 0.891. The van der Waals surface area contributed by atoms with Crippen LogP contribution >= 0.6 is 11.3 Å². The van der Waals surface area contributed by atoms with E-state index in [0.717, 1.165) is 29.4 Å². The first-order chi connectivity index (χ1) is 7.65. The third-order valence-corrected chi connectivity index (χ3v) is 3.75. The maximum Gasteiger partial charge on any atom is 0.166 e. The molecular weight excluding hydrogens is 220 g/mol. The van der Waals surface area contributed by atoms with Crippen LogP contribution in [0, 0.1) is 13.8 Å². The Kier molecular flexibility index (Phi) is 2.96. The molecule has 2 N–H and O–H groups in total. The largest absolute Gasteiger partial charge is 0.390 e. The Morgan fingerprint density at radius 1 is 1.44 bits per heavy atom. The van der Waals surface area contributed by atoms with Gasteiger partial charge in [0.2, 0.25) is 0 Å². The summed E-state index contributed by atoms with van der Waals surface area (Å²) in [4.78, 5) is 1.25. The van der Waals surface area contributed by atoms with Gasteiger partial charge < -0.3 is 10.3 Å². The van der Waals surface area contributed by atoms with Crippen LogP contribution in [0.5, 0.6) is 0 Å². The number of aromatic nitrogens is 3. The van der Waals surface area contributed by atoms with Crippen LogP contribution in [0.25, 0.3) is 11.4 Å². The van der Waals surface area contributed by atoms with E-state index in [9.17, 15) is 0 Å². The summed E-state index contributed by atoms with van der Waals surface area (Å²) in [6, 6.07) is 0. The van der Waals surface area contributed by atoms with Gasteiger partial charge in [0, 0.05) is 11.4 Å². The number of nitrogens with zero attached hydrogens (tertiary/aromatic N) is 3. The van der Waals surface area contributed by atoms with E-state index in [2.05, 4.69) is 35.5 Å². The summed E-state index contributed by atoms with van der Waals surface area (Å²) in [6.45, 7) is 7.23. The standard InChI is InChI=1S/C11H16N4S/c1-4-5-15-6-13-14-11(15)9-7(2)8(3)16-10(9)12/h6H,4-5,12H2,1-3H3. The molecule has 0 aromatic carbocycles. The van der Waals surface area contributed by atoms with E-state index in [1.807, 2.05) is 0 Å². The fourth-order valence-electron chi connectivity index (χ4n) is 1.78. The maximum absolute atomic E-state index is 6.04. The Morgan fingerprint density at radius 3 is 2.75 bits per heavy atom. The molecule has 2 heterocycles. The van der Waals surface area contributed by atoms with Crippen LogP contribution in [-0.2, 0) is 6.54 Å². The monoisotopic (exact) mass is 236 g/mol. The number of anilines is 1. The number of nitrogens with two attached hydrogens (primary N) is 1. The molecule has 0 aliphatic rings. The Balaban J connectivity index is 2.54. The molecule has 0 saturated heterocycles. The molecule has 2 aromatic rings. The van der Waals surface area contributed by atoms with Crippen molar-refractivity contribution in [3.63, 3.8) is 0 Å². The van der Waals surface area contributed by atoms with Crippen molar-refractivity contribution in [2.45, 2.75) is 33.7 Å². The van der Waals surface area contributed by atoms with Crippen LogP contribution in [0.2, 0.25) is 0 Å².